The number of carbonyl (C=O) groups is 1. The molecule has 0 aliphatic carbocycles. The van der Waals surface area contributed by atoms with E-state index in [0.29, 0.717) is 26.2 Å². The molecule has 2 heterocycles. The molecule has 0 spiro atoms. The van der Waals surface area contributed by atoms with Crippen molar-refractivity contribution >= 4 is 27.3 Å². The van der Waals surface area contributed by atoms with Crippen LogP contribution >= 0.6 is 11.3 Å². The monoisotopic (exact) mass is 290 g/mol. The van der Waals surface area contributed by atoms with E-state index in [1.165, 1.54) is 16.4 Å². The Morgan fingerprint density at radius 1 is 1.28 bits per heavy atom. The number of nitrogens with zero attached hydrogens (tertiary/aromatic N) is 2. The molecule has 0 radical (unpaired) electrons. The number of carboxylic acid groups (broad SMARTS) is 1. The molecule has 18 heavy (non-hydrogen) atoms. The Kier molecular flexibility index (Phi) is 3.71. The van der Waals surface area contributed by atoms with E-state index >= 15 is 0 Å². The molecule has 8 heteroatoms. The number of thiophene rings is 1. The number of aromatic carboxylic acids is 1. The molecule has 1 aromatic rings. The van der Waals surface area contributed by atoms with Gasteiger partial charge in [-0.15, -0.1) is 11.3 Å². The van der Waals surface area contributed by atoms with Crippen LogP contribution in [0.25, 0.3) is 0 Å². The lowest BCUT2D eigenvalue weighted by molar-refractivity contribution is 0.0702. The second-order valence-corrected chi connectivity index (χ2v) is 7.38. The molecule has 0 bridgehead atoms. The summed E-state index contributed by atoms with van der Waals surface area (Å²) in [5.41, 5.74) is 0. The quantitative estimate of drug-likeness (QED) is 0.871. The molecule has 6 nitrogen and oxygen atoms in total. The van der Waals surface area contributed by atoms with Crippen LogP contribution in [0.2, 0.25) is 0 Å². The maximum atomic E-state index is 12.3. The zero-order valence-electron chi connectivity index (χ0n) is 9.87. The lowest BCUT2D eigenvalue weighted by atomic mass is 10.4. The first-order valence-corrected chi connectivity index (χ1v) is 7.69. The van der Waals surface area contributed by atoms with Gasteiger partial charge in [0.1, 0.15) is 9.09 Å². The minimum absolute atomic E-state index is 0.0442. The molecule has 100 valence electrons. The fourth-order valence-corrected chi connectivity index (χ4v) is 4.45. The normalized spacial score (nSPS) is 18.9. The Balaban J connectivity index is 2.22. The number of rotatable bonds is 3. The van der Waals surface area contributed by atoms with Crippen LogP contribution in [0, 0.1) is 0 Å². The van der Waals surface area contributed by atoms with Gasteiger partial charge in [0.2, 0.25) is 0 Å². The maximum Gasteiger partial charge on any atom is 0.345 e. The predicted molar refractivity (Wildman–Crippen MR) is 67.5 cm³/mol. The van der Waals surface area contributed by atoms with Gasteiger partial charge in [0, 0.05) is 26.2 Å². The summed E-state index contributed by atoms with van der Waals surface area (Å²) in [6, 6.07) is 2.69. The molecule has 1 N–H and O–H groups in total. The van der Waals surface area contributed by atoms with Crippen molar-refractivity contribution in [2.24, 2.45) is 0 Å². The highest BCUT2D eigenvalue weighted by atomic mass is 32.2. The Bertz CT molecular complexity index is 544. The van der Waals surface area contributed by atoms with Crippen molar-refractivity contribution in [3.05, 3.63) is 17.0 Å². The molecule has 0 aromatic carbocycles. The largest absolute Gasteiger partial charge is 0.477 e. The summed E-state index contributed by atoms with van der Waals surface area (Å²) in [5, 5.41) is 8.80. The number of hydrogen-bond donors (Lipinski definition) is 1. The molecule has 1 aromatic heterocycles. The van der Waals surface area contributed by atoms with Crippen LogP contribution in [0.5, 0.6) is 0 Å². The average Bonchev–Trinajstić information content (AvgIpc) is 2.79. The second-order valence-electron chi connectivity index (χ2n) is 4.13. The van der Waals surface area contributed by atoms with Gasteiger partial charge in [-0.3, -0.25) is 0 Å². The zero-order chi connectivity index (χ0) is 13.3. The topological polar surface area (TPSA) is 77.9 Å². The van der Waals surface area contributed by atoms with Crippen LogP contribution in [-0.2, 0) is 10.0 Å². The van der Waals surface area contributed by atoms with E-state index in [1.807, 2.05) is 7.05 Å². The fraction of sp³-hybridized carbons (Fsp3) is 0.500. The number of hydrogen-bond acceptors (Lipinski definition) is 5. The van der Waals surface area contributed by atoms with Crippen LogP contribution in [-0.4, -0.2) is 61.9 Å². The summed E-state index contributed by atoms with van der Waals surface area (Å²) in [4.78, 5) is 12.9. The van der Waals surface area contributed by atoms with Gasteiger partial charge in [-0.05, 0) is 19.2 Å². The molecular formula is C10H14N2O4S2. The van der Waals surface area contributed by atoms with Crippen molar-refractivity contribution in [3.63, 3.8) is 0 Å². The van der Waals surface area contributed by atoms with Crippen molar-refractivity contribution in [3.8, 4) is 0 Å². The van der Waals surface area contributed by atoms with E-state index < -0.39 is 16.0 Å². The Hall–Kier alpha value is -0.960. The van der Waals surface area contributed by atoms with Gasteiger partial charge < -0.3 is 10.0 Å². The third-order valence-electron chi connectivity index (χ3n) is 2.85. The van der Waals surface area contributed by atoms with Gasteiger partial charge in [0.15, 0.2) is 0 Å². The van der Waals surface area contributed by atoms with E-state index in [2.05, 4.69) is 4.90 Å². The number of sulfonamides is 1. The van der Waals surface area contributed by atoms with Crippen LogP contribution in [0.4, 0.5) is 0 Å². The standard InChI is InChI=1S/C10H14N2O4S2/c1-11-4-6-12(7-5-11)18(15,16)9-3-2-8(17-9)10(13)14/h2-3H,4-7H2,1H3,(H,13,14). The summed E-state index contributed by atoms with van der Waals surface area (Å²) in [6.45, 7) is 2.27. The third kappa shape index (κ3) is 2.56. The van der Waals surface area contributed by atoms with Gasteiger partial charge >= 0.3 is 5.97 Å². The highest BCUT2D eigenvalue weighted by Crippen LogP contribution is 2.25. The van der Waals surface area contributed by atoms with Crippen LogP contribution in [0.15, 0.2) is 16.3 Å². The lowest BCUT2D eigenvalue weighted by Gasteiger charge is -2.31. The number of piperazine rings is 1. The van der Waals surface area contributed by atoms with Crippen molar-refractivity contribution in [2.45, 2.75) is 4.21 Å². The van der Waals surface area contributed by atoms with E-state index in [1.54, 1.807) is 0 Å². The number of likely N-dealkylation sites (N-methyl/N-ethyl adjacent to an activating group) is 1. The van der Waals surface area contributed by atoms with Crippen molar-refractivity contribution < 1.29 is 18.3 Å². The van der Waals surface area contributed by atoms with E-state index in [9.17, 15) is 13.2 Å². The fourth-order valence-electron chi connectivity index (χ4n) is 1.73. The van der Waals surface area contributed by atoms with Gasteiger partial charge in [-0.1, -0.05) is 0 Å². The first kappa shape index (κ1) is 13.5. The van der Waals surface area contributed by atoms with Crippen molar-refractivity contribution in [1.82, 2.24) is 9.21 Å². The summed E-state index contributed by atoms with van der Waals surface area (Å²) in [5.74, 6) is -1.10. The van der Waals surface area contributed by atoms with Crippen molar-refractivity contribution in [2.75, 3.05) is 33.2 Å². The molecular weight excluding hydrogens is 276 g/mol. The molecule has 1 fully saturated rings. The maximum absolute atomic E-state index is 12.3. The van der Waals surface area contributed by atoms with Gasteiger partial charge in [-0.25, -0.2) is 13.2 Å². The summed E-state index contributed by atoms with van der Waals surface area (Å²) in [7, 11) is -1.59. The molecule has 2 rings (SSSR count). The SMILES string of the molecule is CN1CCN(S(=O)(=O)c2ccc(C(=O)O)s2)CC1. The van der Waals surface area contributed by atoms with E-state index in [0.717, 1.165) is 11.3 Å². The zero-order valence-corrected chi connectivity index (χ0v) is 11.5. The molecule has 0 amide bonds. The summed E-state index contributed by atoms with van der Waals surface area (Å²) in [6.07, 6.45) is 0. The van der Waals surface area contributed by atoms with Crippen LogP contribution in [0.3, 0.4) is 0 Å². The van der Waals surface area contributed by atoms with Gasteiger partial charge in [0.25, 0.3) is 10.0 Å². The average molecular weight is 290 g/mol. The van der Waals surface area contributed by atoms with Crippen LogP contribution < -0.4 is 0 Å². The predicted octanol–water partition coefficient (Wildman–Crippen LogP) is 0.382. The van der Waals surface area contributed by atoms with E-state index in [-0.39, 0.29) is 9.09 Å². The Morgan fingerprint density at radius 2 is 1.89 bits per heavy atom. The van der Waals surface area contributed by atoms with E-state index in [4.69, 9.17) is 5.11 Å². The van der Waals surface area contributed by atoms with Gasteiger partial charge in [-0.2, -0.15) is 4.31 Å². The molecule has 0 atom stereocenters. The molecule has 0 unspecified atom stereocenters. The van der Waals surface area contributed by atoms with Crippen molar-refractivity contribution in [1.29, 1.82) is 0 Å². The highest BCUT2D eigenvalue weighted by molar-refractivity contribution is 7.91. The van der Waals surface area contributed by atoms with Crippen LogP contribution in [0.1, 0.15) is 9.67 Å². The smallest absolute Gasteiger partial charge is 0.345 e. The Morgan fingerprint density at radius 3 is 2.39 bits per heavy atom. The molecule has 1 saturated heterocycles. The second kappa shape index (κ2) is 4.96. The minimum Gasteiger partial charge on any atom is -0.477 e. The third-order valence-corrected chi connectivity index (χ3v) is 6.29. The first-order valence-electron chi connectivity index (χ1n) is 5.43. The Labute approximate surface area is 109 Å². The summed E-state index contributed by atoms with van der Waals surface area (Å²) < 4.78 is 26.0. The minimum atomic E-state index is -3.54. The number of carboxylic acids is 1. The lowest BCUT2D eigenvalue weighted by Crippen LogP contribution is -2.46. The summed E-state index contributed by atoms with van der Waals surface area (Å²) >= 11 is 0.800. The highest BCUT2D eigenvalue weighted by Gasteiger charge is 2.29. The molecule has 0 saturated carbocycles. The molecule has 1 aliphatic rings. The van der Waals surface area contributed by atoms with Gasteiger partial charge in [0.05, 0.1) is 0 Å². The first-order chi connectivity index (χ1) is 8.41. The molecule has 1 aliphatic heterocycles.